The fraction of sp³-hybridized carbons (Fsp3) is 0.833. The highest BCUT2D eigenvalue weighted by molar-refractivity contribution is 5.69. The second-order valence-electron chi connectivity index (χ2n) is 3.64. The smallest absolute Gasteiger partial charge is 0.305 e. The van der Waals surface area contributed by atoms with E-state index in [0.29, 0.717) is 12.8 Å². The molecule has 0 N–H and O–H groups in total. The summed E-state index contributed by atoms with van der Waals surface area (Å²) in [6.07, 6.45) is 3.15. The molecule has 0 amide bonds. The van der Waals surface area contributed by atoms with Gasteiger partial charge < -0.3 is 9.47 Å². The fourth-order valence-corrected chi connectivity index (χ4v) is 1.17. The number of carbonyl (C=O) groups excluding carboxylic acids is 2. The molecule has 0 fully saturated rings. The summed E-state index contributed by atoms with van der Waals surface area (Å²) in [5.41, 5.74) is 0. The van der Waals surface area contributed by atoms with Gasteiger partial charge in [-0.15, -0.1) is 0 Å². The van der Waals surface area contributed by atoms with Crippen molar-refractivity contribution in [1.29, 1.82) is 0 Å². The first-order valence-corrected chi connectivity index (χ1v) is 5.99. The molecule has 1 atom stereocenters. The average Bonchev–Trinajstić information content (AvgIpc) is 2.31. The predicted octanol–water partition coefficient (Wildman–Crippen LogP) is 2.45. The standard InChI is InChI=1S/C12H22O4/c1-4-7-8-10(16-12(14)6-3)9-15-11(13)5-2/h10H,4-9H2,1-3H3/t10-/m1/s1. The van der Waals surface area contributed by atoms with Crippen LogP contribution in [0.2, 0.25) is 0 Å². The summed E-state index contributed by atoms with van der Waals surface area (Å²) in [4.78, 5) is 22.1. The predicted molar refractivity (Wildman–Crippen MR) is 60.9 cm³/mol. The first-order valence-electron chi connectivity index (χ1n) is 5.99. The fourth-order valence-electron chi connectivity index (χ4n) is 1.17. The molecule has 0 heterocycles. The lowest BCUT2D eigenvalue weighted by Crippen LogP contribution is -2.24. The summed E-state index contributed by atoms with van der Waals surface area (Å²) in [5.74, 6) is -0.498. The van der Waals surface area contributed by atoms with Gasteiger partial charge in [-0.25, -0.2) is 0 Å². The van der Waals surface area contributed by atoms with Gasteiger partial charge in [-0.1, -0.05) is 27.2 Å². The lowest BCUT2D eigenvalue weighted by Gasteiger charge is -2.17. The Morgan fingerprint density at radius 2 is 1.69 bits per heavy atom. The van der Waals surface area contributed by atoms with Gasteiger partial charge >= 0.3 is 11.9 Å². The second-order valence-corrected chi connectivity index (χ2v) is 3.64. The summed E-state index contributed by atoms with van der Waals surface area (Å²) in [7, 11) is 0. The van der Waals surface area contributed by atoms with Crippen LogP contribution in [0.5, 0.6) is 0 Å². The molecule has 4 nitrogen and oxygen atoms in total. The van der Waals surface area contributed by atoms with Crippen LogP contribution in [0.1, 0.15) is 52.9 Å². The minimum Gasteiger partial charge on any atom is -0.462 e. The minimum absolute atomic E-state index is 0.179. The number of rotatable bonds is 8. The molecule has 0 saturated heterocycles. The van der Waals surface area contributed by atoms with Crippen molar-refractivity contribution in [1.82, 2.24) is 0 Å². The van der Waals surface area contributed by atoms with Gasteiger partial charge in [0.15, 0.2) is 0 Å². The maximum Gasteiger partial charge on any atom is 0.305 e. The number of hydrogen-bond acceptors (Lipinski definition) is 4. The number of ether oxygens (including phenoxy) is 2. The van der Waals surface area contributed by atoms with E-state index >= 15 is 0 Å². The van der Waals surface area contributed by atoms with Crippen LogP contribution >= 0.6 is 0 Å². The maximum absolute atomic E-state index is 11.1. The van der Waals surface area contributed by atoms with Crippen LogP contribution in [-0.4, -0.2) is 24.6 Å². The molecule has 4 heteroatoms. The maximum atomic E-state index is 11.1. The highest BCUT2D eigenvalue weighted by Gasteiger charge is 2.14. The van der Waals surface area contributed by atoms with Crippen LogP contribution in [-0.2, 0) is 19.1 Å². The Kier molecular flexibility index (Phi) is 8.58. The average molecular weight is 230 g/mol. The van der Waals surface area contributed by atoms with Crippen molar-refractivity contribution in [2.45, 2.75) is 59.0 Å². The molecule has 0 aromatic carbocycles. The zero-order valence-corrected chi connectivity index (χ0v) is 10.5. The van der Waals surface area contributed by atoms with E-state index in [9.17, 15) is 9.59 Å². The summed E-state index contributed by atoms with van der Waals surface area (Å²) >= 11 is 0. The van der Waals surface area contributed by atoms with Crippen molar-refractivity contribution in [2.24, 2.45) is 0 Å². The van der Waals surface area contributed by atoms with Gasteiger partial charge in [0.1, 0.15) is 12.7 Å². The van der Waals surface area contributed by atoms with E-state index in [0.717, 1.165) is 19.3 Å². The Bertz CT molecular complexity index is 213. The normalized spacial score (nSPS) is 11.9. The first-order chi connectivity index (χ1) is 7.63. The van der Waals surface area contributed by atoms with Gasteiger partial charge in [-0.05, 0) is 12.8 Å². The summed E-state index contributed by atoms with van der Waals surface area (Å²) < 4.78 is 10.2. The Morgan fingerprint density at radius 3 is 2.19 bits per heavy atom. The largest absolute Gasteiger partial charge is 0.462 e. The van der Waals surface area contributed by atoms with Crippen molar-refractivity contribution in [2.75, 3.05) is 6.61 Å². The summed E-state index contributed by atoms with van der Waals surface area (Å²) in [6.45, 7) is 5.73. The van der Waals surface area contributed by atoms with Crippen LogP contribution < -0.4 is 0 Å². The molecule has 0 aromatic heterocycles. The van der Waals surface area contributed by atoms with Crippen LogP contribution in [0.4, 0.5) is 0 Å². The van der Waals surface area contributed by atoms with Crippen LogP contribution in [0.25, 0.3) is 0 Å². The third kappa shape index (κ3) is 7.26. The monoisotopic (exact) mass is 230 g/mol. The highest BCUT2D eigenvalue weighted by Crippen LogP contribution is 2.07. The molecule has 94 valence electrons. The number of hydrogen-bond donors (Lipinski definition) is 0. The molecule has 0 bridgehead atoms. The second kappa shape index (κ2) is 9.19. The molecule has 0 spiro atoms. The van der Waals surface area contributed by atoms with E-state index in [4.69, 9.17) is 9.47 Å². The zero-order chi connectivity index (χ0) is 12.4. The molecule has 0 aliphatic carbocycles. The van der Waals surface area contributed by atoms with Gasteiger partial charge in [-0.3, -0.25) is 9.59 Å². The van der Waals surface area contributed by atoms with Crippen LogP contribution in [0, 0.1) is 0 Å². The lowest BCUT2D eigenvalue weighted by atomic mass is 10.2. The van der Waals surface area contributed by atoms with Crippen molar-refractivity contribution >= 4 is 11.9 Å². The van der Waals surface area contributed by atoms with Crippen molar-refractivity contribution in [3.05, 3.63) is 0 Å². The SMILES string of the molecule is CCCC[C@H](COC(=O)CC)OC(=O)CC. The van der Waals surface area contributed by atoms with E-state index in [-0.39, 0.29) is 24.6 Å². The van der Waals surface area contributed by atoms with Gasteiger partial charge in [0, 0.05) is 12.8 Å². The Hall–Kier alpha value is -1.06. The Morgan fingerprint density at radius 1 is 1.06 bits per heavy atom. The summed E-state index contributed by atoms with van der Waals surface area (Å²) in [6, 6.07) is 0. The third-order valence-electron chi connectivity index (χ3n) is 2.19. The molecule has 0 radical (unpaired) electrons. The molecule has 0 aliphatic rings. The Labute approximate surface area is 97.3 Å². The van der Waals surface area contributed by atoms with Crippen molar-refractivity contribution in [3.63, 3.8) is 0 Å². The van der Waals surface area contributed by atoms with Crippen LogP contribution in [0.15, 0.2) is 0 Å². The van der Waals surface area contributed by atoms with Gasteiger partial charge in [-0.2, -0.15) is 0 Å². The van der Waals surface area contributed by atoms with E-state index in [1.165, 1.54) is 0 Å². The van der Waals surface area contributed by atoms with E-state index in [2.05, 4.69) is 6.92 Å². The van der Waals surface area contributed by atoms with Crippen molar-refractivity contribution < 1.29 is 19.1 Å². The van der Waals surface area contributed by atoms with E-state index < -0.39 is 0 Å². The highest BCUT2D eigenvalue weighted by atomic mass is 16.6. The first kappa shape index (κ1) is 14.9. The molecule has 0 saturated carbocycles. The molecule has 16 heavy (non-hydrogen) atoms. The molecular formula is C12H22O4. The summed E-state index contributed by atoms with van der Waals surface area (Å²) in [5, 5.41) is 0. The topological polar surface area (TPSA) is 52.6 Å². The van der Waals surface area contributed by atoms with Crippen LogP contribution in [0.3, 0.4) is 0 Å². The number of esters is 2. The quantitative estimate of drug-likeness (QED) is 0.601. The van der Waals surface area contributed by atoms with Gasteiger partial charge in [0.25, 0.3) is 0 Å². The number of unbranched alkanes of at least 4 members (excludes halogenated alkanes) is 1. The van der Waals surface area contributed by atoms with Gasteiger partial charge in [0.2, 0.25) is 0 Å². The van der Waals surface area contributed by atoms with Gasteiger partial charge in [0.05, 0.1) is 0 Å². The molecule has 0 rings (SSSR count). The van der Waals surface area contributed by atoms with E-state index in [1.54, 1.807) is 13.8 Å². The lowest BCUT2D eigenvalue weighted by molar-refractivity contribution is -0.159. The Balaban J connectivity index is 3.98. The third-order valence-corrected chi connectivity index (χ3v) is 2.19. The zero-order valence-electron chi connectivity index (χ0n) is 10.5. The number of carbonyl (C=O) groups is 2. The van der Waals surface area contributed by atoms with Crippen molar-refractivity contribution in [3.8, 4) is 0 Å². The minimum atomic E-state index is -0.289. The molecule has 0 aliphatic heterocycles. The molecule has 0 aromatic rings. The molecule has 0 unspecified atom stereocenters. The molecular weight excluding hydrogens is 208 g/mol. The van der Waals surface area contributed by atoms with E-state index in [1.807, 2.05) is 0 Å².